The maximum Gasteiger partial charge on any atom is 0.270 e. The van der Waals surface area contributed by atoms with Gasteiger partial charge in [-0.05, 0) is 11.6 Å². The molecule has 128 valence electrons. The summed E-state index contributed by atoms with van der Waals surface area (Å²) in [6, 6.07) is 13.7. The van der Waals surface area contributed by atoms with Crippen molar-refractivity contribution in [2.75, 3.05) is 0 Å². The first-order valence-corrected chi connectivity index (χ1v) is 7.70. The summed E-state index contributed by atoms with van der Waals surface area (Å²) in [5.74, 6) is 0.0191. The molecule has 0 saturated heterocycles. The maximum atomic E-state index is 10.9. The molecule has 0 amide bonds. The first-order valence-electron chi connectivity index (χ1n) is 7.70. The molecule has 0 aliphatic rings. The summed E-state index contributed by atoms with van der Waals surface area (Å²) in [6.45, 7) is 0.821. The molecular weight excluding hydrogens is 322 g/mol. The zero-order chi connectivity index (χ0) is 17.6. The van der Waals surface area contributed by atoms with Crippen LogP contribution >= 0.6 is 0 Å². The SMILES string of the molecule is O=[N+]([O-])c1ccc(O)c(CN[C@@H](Cn2cncn2)c2ccccc2)c1. The van der Waals surface area contributed by atoms with Crippen LogP contribution in [0.15, 0.2) is 61.2 Å². The molecule has 8 nitrogen and oxygen atoms in total. The molecule has 0 spiro atoms. The van der Waals surface area contributed by atoms with E-state index in [2.05, 4.69) is 15.4 Å². The van der Waals surface area contributed by atoms with Gasteiger partial charge < -0.3 is 10.4 Å². The number of nitrogens with one attached hydrogen (secondary N) is 1. The smallest absolute Gasteiger partial charge is 0.270 e. The van der Waals surface area contributed by atoms with E-state index in [0.29, 0.717) is 12.1 Å². The zero-order valence-corrected chi connectivity index (χ0v) is 13.3. The van der Waals surface area contributed by atoms with E-state index >= 15 is 0 Å². The molecule has 0 radical (unpaired) electrons. The van der Waals surface area contributed by atoms with E-state index < -0.39 is 4.92 Å². The van der Waals surface area contributed by atoms with Crippen molar-refractivity contribution in [3.8, 4) is 5.75 Å². The average Bonchev–Trinajstić information content (AvgIpc) is 3.13. The Morgan fingerprint density at radius 2 is 2.04 bits per heavy atom. The number of hydrogen-bond acceptors (Lipinski definition) is 6. The fraction of sp³-hybridized carbons (Fsp3) is 0.176. The molecule has 3 aromatic rings. The second-order valence-electron chi connectivity index (χ2n) is 5.53. The fourth-order valence-corrected chi connectivity index (χ4v) is 2.55. The number of rotatable bonds is 7. The predicted octanol–water partition coefficient (Wildman–Crippen LogP) is 2.42. The van der Waals surface area contributed by atoms with Crippen molar-refractivity contribution in [1.82, 2.24) is 20.1 Å². The molecule has 0 fully saturated rings. The Labute approximate surface area is 143 Å². The maximum absolute atomic E-state index is 10.9. The van der Waals surface area contributed by atoms with Gasteiger partial charge in [0, 0.05) is 24.2 Å². The second kappa shape index (κ2) is 7.54. The van der Waals surface area contributed by atoms with Gasteiger partial charge in [0.1, 0.15) is 18.4 Å². The van der Waals surface area contributed by atoms with Crippen molar-refractivity contribution >= 4 is 5.69 Å². The monoisotopic (exact) mass is 339 g/mol. The minimum absolute atomic E-state index is 0.0191. The van der Waals surface area contributed by atoms with Crippen LogP contribution in [0.1, 0.15) is 17.2 Å². The first-order chi connectivity index (χ1) is 12.1. The number of benzene rings is 2. The molecular formula is C17H17N5O3. The van der Waals surface area contributed by atoms with Crippen LogP contribution in [0.3, 0.4) is 0 Å². The molecule has 2 aromatic carbocycles. The number of non-ortho nitro benzene ring substituents is 1. The summed E-state index contributed by atoms with van der Waals surface area (Å²) >= 11 is 0. The van der Waals surface area contributed by atoms with E-state index in [1.807, 2.05) is 30.3 Å². The number of nitro benzene ring substituents is 1. The molecule has 1 heterocycles. The van der Waals surface area contributed by atoms with E-state index in [9.17, 15) is 15.2 Å². The van der Waals surface area contributed by atoms with Crippen LogP contribution in [0.2, 0.25) is 0 Å². The molecule has 2 N–H and O–H groups in total. The highest BCUT2D eigenvalue weighted by Crippen LogP contribution is 2.24. The zero-order valence-electron chi connectivity index (χ0n) is 13.3. The Hall–Kier alpha value is -3.26. The van der Waals surface area contributed by atoms with Crippen molar-refractivity contribution < 1.29 is 10.0 Å². The summed E-state index contributed by atoms with van der Waals surface area (Å²) < 4.78 is 1.71. The minimum atomic E-state index is -0.479. The number of nitro groups is 1. The largest absolute Gasteiger partial charge is 0.508 e. The van der Waals surface area contributed by atoms with Crippen LogP contribution in [0.25, 0.3) is 0 Å². The first kappa shape index (κ1) is 16.6. The van der Waals surface area contributed by atoms with Crippen LogP contribution < -0.4 is 5.32 Å². The van der Waals surface area contributed by atoms with Crippen molar-refractivity contribution in [1.29, 1.82) is 0 Å². The number of phenols is 1. The molecule has 0 saturated carbocycles. The van der Waals surface area contributed by atoms with E-state index in [1.165, 1.54) is 24.5 Å². The van der Waals surface area contributed by atoms with Gasteiger partial charge in [0.25, 0.3) is 5.69 Å². The number of aromatic nitrogens is 3. The van der Waals surface area contributed by atoms with E-state index in [-0.39, 0.29) is 24.0 Å². The molecule has 1 atom stereocenters. The number of phenolic OH excluding ortho intramolecular Hbond substituents is 1. The third-order valence-corrected chi connectivity index (χ3v) is 3.85. The standard InChI is InChI=1S/C17H17N5O3/c23-17-7-6-15(22(24)25)8-14(17)9-19-16(10-21-12-18-11-20-21)13-4-2-1-3-5-13/h1-8,11-12,16,19,23H,9-10H2/t16-/m0/s1. The number of nitrogens with zero attached hydrogens (tertiary/aromatic N) is 4. The Balaban J connectivity index is 1.79. The highest BCUT2D eigenvalue weighted by Gasteiger charge is 2.15. The Morgan fingerprint density at radius 1 is 1.24 bits per heavy atom. The van der Waals surface area contributed by atoms with Gasteiger partial charge in [0.2, 0.25) is 0 Å². The lowest BCUT2D eigenvalue weighted by molar-refractivity contribution is -0.384. The molecule has 0 bridgehead atoms. The van der Waals surface area contributed by atoms with Gasteiger partial charge in [-0.2, -0.15) is 5.10 Å². The van der Waals surface area contributed by atoms with Crippen LogP contribution in [-0.2, 0) is 13.1 Å². The van der Waals surface area contributed by atoms with Crippen LogP contribution in [0.5, 0.6) is 5.75 Å². The quantitative estimate of drug-likeness (QED) is 0.506. The van der Waals surface area contributed by atoms with Crippen molar-refractivity contribution in [3.63, 3.8) is 0 Å². The molecule has 0 aliphatic heterocycles. The van der Waals surface area contributed by atoms with Gasteiger partial charge in [-0.25, -0.2) is 4.98 Å². The highest BCUT2D eigenvalue weighted by atomic mass is 16.6. The summed E-state index contributed by atoms with van der Waals surface area (Å²) in [4.78, 5) is 14.4. The van der Waals surface area contributed by atoms with E-state index in [0.717, 1.165) is 5.56 Å². The van der Waals surface area contributed by atoms with Gasteiger partial charge in [0.05, 0.1) is 17.5 Å². The van der Waals surface area contributed by atoms with Gasteiger partial charge >= 0.3 is 0 Å². The lowest BCUT2D eigenvalue weighted by atomic mass is 10.1. The summed E-state index contributed by atoms with van der Waals surface area (Å²) in [5.41, 5.74) is 1.46. The van der Waals surface area contributed by atoms with Crippen molar-refractivity contribution in [2.45, 2.75) is 19.1 Å². The van der Waals surface area contributed by atoms with Gasteiger partial charge in [-0.15, -0.1) is 0 Å². The molecule has 0 aliphatic carbocycles. The third-order valence-electron chi connectivity index (χ3n) is 3.85. The summed E-state index contributed by atoms with van der Waals surface area (Å²) in [6.07, 6.45) is 3.09. The van der Waals surface area contributed by atoms with E-state index in [1.54, 1.807) is 11.0 Å². The van der Waals surface area contributed by atoms with Gasteiger partial charge in [-0.1, -0.05) is 30.3 Å². The minimum Gasteiger partial charge on any atom is -0.508 e. The van der Waals surface area contributed by atoms with Crippen molar-refractivity contribution in [2.24, 2.45) is 0 Å². The van der Waals surface area contributed by atoms with Crippen LogP contribution in [0.4, 0.5) is 5.69 Å². The lowest BCUT2D eigenvalue weighted by Gasteiger charge is -2.19. The summed E-state index contributed by atoms with van der Waals surface area (Å²) in [5, 5.41) is 28.3. The van der Waals surface area contributed by atoms with Gasteiger partial charge in [-0.3, -0.25) is 14.8 Å². The topological polar surface area (TPSA) is 106 Å². The Morgan fingerprint density at radius 3 is 2.72 bits per heavy atom. The predicted molar refractivity (Wildman–Crippen MR) is 90.8 cm³/mol. The molecule has 25 heavy (non-hydrogen) atoms. The molecule has 1 aromatic heterocycles. The van der Waals surface area contributed by atoms with E-state index in [4.69, 9.17) is 0 Å². The second-order valence-corrected chi connectivity index (χ2v) is 5.53. The lowest BCUT2D eigenvalue weighted by Crippen LogP contribution is -2.25. The molecule has 8 heteroatoms. The summed E-state index contributed by atoms with van der Waals surface area (Å²) in [7, 11) is 0. The molecule has 0 unspecified atom stereocenters. The Bertz CT molecular complexity index is 837. The number of aromatic hydroxyl groups is 1. The molecule has 3 rings (SSSR count). The van der Waals surface area contributed by atoms with Crippen LogP contribution in [0, 0.1) is 10.1 Å². The highest BCUT2D eigenvalue weighted by molar-refractivity contribution is 5.43. The normalized spacial score (nSPS) is 12.0. The fourth-order valence-electron chi connectivity index (χ4n) is 2.55. The van der Waals surface area contributed by atoms with Crippen molar-refractivity contribution in [3.05, 3.63) is 82.4 Å². The Kier molecular flexibility index (Phi) is 5.00. The number of hydrogen-bond donors (Lipinski definition) is 2. The van der Waals surface area contributed by atoms with Crippen LogP contribution in [-0.4, -0.2) is 24.8 Å². The van der Waals surface area contributed by atoms with Gasteiger partial charge in [0.15, 0.2) is 0 Å². The average molecular weight is 339 g/mol. The third kappa shape index (κ3) is 4.18.